The average molecular weight is 248 g/mol. The van der Waals surface area contributed by atoms with Crippen LogP contribution in [0.3, 0.4) is 0 Å². The maximum atomic E-state index is 9.08. The second-order valence-corrected chi connectivity index (χ2v) is 4.23. The van der Waals surface area contributed by atoms with Crippen LogP contribution < -0.4 is 0 Å². The standard InChI is InChI=1S/CH2.3O.Re/h1H2;;;;. The number of hydrogen-bond acceptors (Lipinski definition) is 3. The van der Waals surface area contributed by atoms with E-state index in [-0.39, 0.29) is 0 Å². The van der Waals surface area contributed by atoms with Gasteiger partial charge in [-0.25, -0.2) is 0 Å². The van der Waals surface area contributed by atoms with Crippen LogP contribution >= 0.6 is 0 Å². The summed E-state index contributed by atoms with van der Waals surface area (Å²) in [6.07, 6.45) is 0. The van der Waals surface area contributed by atoms with E-state index in [1.165, 1.54) is 0 Å². The molecule has 0 spiro atoms. The summed E-state index contributed by atoms with van der Waals surface area (Å²) in [5, 5.41) is 2.31. The van der Waals surface area contributed by atoms with Gasteiger partial charge in [0.1, 0.15) is 0 Å². The molecular formula is CH2O3Re. The molecule has 0 aliphatic rings. The maximum absolute atomic E-state index is 9.08. The Morgan fingerprint density at radius 3 is 1.20 bits per heavy atom. The van der Waals surface area contributed by atoms with Crippen LogP contribution in [0.2, 0.25) is 0 Å². The molecule has 0 saturated heterocycles. The van der Waals surface area contributed by atoms with Gasteiger partial charge < -0.3 is 0 Å². The summed E-state index contributed by atoms with van der Waals surface area (Å²) in [5.41, 5.74) is 0. The Morgan fingerprint density at radius 2 is 1.20 bits per heavy atom. The van der Waals surface area contributed by atoms with E-state index in [1.54, 1.807) is 0 Å². The van der Waals surface area contributed by atoms with E-state index >= 15 is 0 Å². The summed E-state index contributed by atoms with van der Waals surface area (Å²) in [5.74, 6) is 0. The molecule has 5 heavy (non-hydrogen) atoms. The van der Waals surface area contributed by atoms with Gasteiger partial charge >= 0.3 is 31.2 Å². The van der Waals surface area contributed by atoms with Gasteiger partial charge in [-0.2, -0.15) is 0 Å². The van der Waals surface area contributed by atoms with E-state index in [2.05, 4.69) is 5.40 Å². The van der Waals surface area contributed by atoms with Crippen molar-refractivity contribution in [3.8, 4) is 0 Å². The summed E-state index contributed by atoms with van der Waals surface area (Å²) in [6.45, 7) is 0. The molecule has 31 valence electrons. The fourth-order valence-electron chi connectivity index (χ4n) is 0. The van der Waals surface area contributed by atoms with Gasteiger partial charge in [0.15, 0.2) is 0 Å². The summed E-state index contributed by atoms with van der Waals surface area (Å²) in [4.78, 5) is 0. The molecule has 0 unspecified atom stereocenters. The van der Waals surface area contributed by atoms with Crippen molar-refractivity contribution in [3.63, 3.8) is 0 Å². The second-order valence-electron chi connectivity index (χ2n) is 0.516. The van der Waals surface area contributed by atoms with Gasteiger partial charge in [0.05, 0.1) is 0 Å². The molecule has 0 aliphatic carbocycles. The monoisotopic (exact) mass is 249 g/mol. The van der Waals surface area contributed by atoms with Crippen LogP contribution in [0.25, 0.3) is 0 Å². The number of hydrogen-bond donors (Lipinski definition) is 0. The third-order valence-electron chi connectivity index (χ3n) is 0. The molecule has 0 aromatic rings. The molecule has 4 heteroatoms. The second kappa shape index (κ2) is 1.04. The van der Waals surface area contributed by atoms with E-state index in [0.29, 0.717) is 0 Å². The van der Waals surface area contributed by atoms with Crippen molar-refractivity contribution in [2.45, 2.75) is 0 Å². The van der Waals surface area contributed by atoms with Gasteiger partial charge in [-0.1, -0.05) is 0 Å². The van der Waals surface area contributed by atoms with Crippen molar-refractivity contribution in [2.75, 3.05) is 0 Å². The minimum atomic E-state index is -5.11. The van der Waals surface area contributed by atoms with Gasteiger partial charge in [0.25, 0.3) is 0 Å². The van der Waals surface area contributed by atoms with Crippen molar-refractivity contribution >= 4 is 0 Å². The molecule has 1 radical (unpaired) electrons. The molecule has 0 aliphatic heterocycles. The van der Waals surface area contributed by atoms with Crippen LogP contribution in [0.4, 0.5) is 0 Å². The first kappa shape index (κ1) is 5.06. The summed E-state index contributed by atoms with van der Waals surface area (Å²) in [7, 11) is 0. The topological polar surface area (TPSA) is 51.2 Å². The minimum absolute atomic E-state index is 2.31. The molecule has 0 bridgehead atoms. The Kier molecular flexibility index (Phi) is 1.05. The molecule has 3 nitrogen and oxygen atoms in total. The van der Waals surface area contributed by atoms with Crippen LogP contribution in [0.15, 0.2) is 0 Å². The van der Waals surface area contributed by atoms with E-state index in [1.807, 2.05) is 0 Å². The van der Waals surface area contributed by atoms with Crippen molar-refractivity contribution in [3.05, 3.63) is 5.40 Å². The summed E-state index contributed by atoms with van der Waals surface area (Å²) < 4.78 is 27.2. The Morgan fingerprint density at radius 1 is 1.20 bits per heavy atom. The SMILES string of the molecule is [CH2][Re](=[O])(=[O])=[O]. The molecule has 0 rings (SSSR count). The van der Waals surface area contributed by atoms with E-state index < -0.39 is 15.4 Å². The van der Waals surface area contributed by atoms with Crippen molar-refractivity contribution in [1.29, 1.82) is 0 Å². The number of rotatable bonds is 0. The first-order valence-corrected chi connectivity index (χ1v) is 5.98. The van der Waals surface area contributed by atoms with Gasteiger partial charge in [0, 0.05) is 0 Å². The average Bonchev–Trinajstić information content (AvgIpc) is 0.722. The van der Waals surface area contributed by atoms with Gasteiger partial charge in [-0.15, -0.1) is 0 Å². The van der Waals surface area contributed by atoms with Crippen molar-refractivity contribution in [1.82, 2.24) is 0 Å². The zero-order chi connectivity index (χ0) is 4.50. The Balaban J connectivity index is 4.87. The van der Waals surface area contributed by atoms with Gasteiger partial charge in [-0.05, 0) is 0 Å². The van der Waals surface area contributed by atoms with Crippen molar-refractivity contribution < 1.29 is 25.8 Å². The predicted octanol–water partition coefficient (Wildman–Crippen LogP) is -0.0316. The van der Waals surface area contributed by atoms with Crippen LogP contribution in [-0.2, 0) is 25.8 Å². The quantitative estimate of drug-likeness (QED) is 0.605. The molecule has 0 aromatic heterocycles. The van der Waals surface area contributed by atoms with Gasteiger partial charge in [-0.3, -0.25) is 0 Å². The Bertz CT molecular complexity index is 128. The molecule has 0 amide bonds. The van der Waals surface area contributed by atoms with E-state index in [9.17, 15) is 0 Å². The molecule has 0 heterocycles. The summed E-state index contributed by atoms with van der Waals surface area (Å²) in [6, 6.07) is 0. The first-order valence-electron chi connectivity index (χ1n) is 0.730. The third-order valence-corrected chi connectivity index (χ3v) is 0. The molecular weight excluding hydrogens is 246 g/mol. The Hall–Kier alpha value is 0.0623. The zero-order valence-corrected chi connectivity index (χ0v) is 5.03. The van der Waals surface area contributed by atoms with Crippen LogP contribution in [0.1, 0.15) is 0 Å². The molecule has 0 fully saturated rings. The van der Waals surface area contributed by atoms with E-state index in [4.69, 9.17) is 10.4 Å². The van der Waals surface area contributed by atoms with Crippen LogP contribution in [0.5, 0.6) is 0 Å². The fraction of sp³-hybridized carbons (Fsp3) is 0. The molecule has 0 saturated carbocycles. The third kappa shape index (κ3) is 4450. The first-order chi connectivity index (χ1) is 2.00. The Labute approximate surface area is 31.9 Å². The fourth-order valence-corrected chi connectivity index (χ4v) is 0. The zero-order valence-electron chi connectivity index (χ0n) is 2.31. The molecule has 0 aromatic carbocycles. The van der Waals surface area contributed by atoms with E-state index in [0.717, 1.165) is 0 Å². The van der Waals surface area contributed by atoms with Crippen LogP contribution in [0, 0.1) is 5.40 Å². The van der Waals surface area contributed by atoms with Gasteiger partial charge in [0.2, 0.25) is 0 Å². The van der Waals surface area contributed by atoms with Crippen molar-refractivity contribution in [2.24, 2.45) is 0 Å². The molecule has 0 N–H and O–H groups in total. The summed E-state index contributed by atoms with van der Waals surface area (Å²) >= 11 is -5.11. The molecule has 0 atom stereocenters. The van der Waals surface area contributed by atoms with Crippen LogP contribution in [-0.4, -0.2) is 0 Å². The predicted molar refractivity (Wildman–Crippen MR) is 7.42 cm³/mol. The normalized spacial score (nSPS) is 11.4.